The van der Waals surface area contributed by atoms with Gasteiger partial charge in [0.25, 0.3) is 0 Å². The first-order chi connectivity index (χ1) is 4.91. The monoisotopic (exact) mass is 200 g/mol. The molecule has 4 nitrogen and oxygen atoms in total. The van der Waals surface area contributed by atoms with E-state index >= 15 is 0 Å². The molecule has 6 heteroatoms. The minimum atomic E-state index is -4.17. The van der Waals surface area contributed by atoms with E-state index in [0.29, 0.717) is 11.3 Å². The molecule has 1 N–H and O–H groups in total. The van der Waals surface area contributed by atoms with Gasteiger partial charge in [0.15, 0.2) is 0 Å². The van der Waals surface area contributed by atoms with Crippen LogP contribution in [0.1, 0.15) is 11.3 Å². The van der Waals surface area contributed by atoms with Gasteiger partial charge in [0.2, 0.25) is 5.09 Å². The third-order valence-electron chi connectivity index (χ3n) is 1.40. The van der Waals surface area contributed by atoms with E-state index in [-0.39, 0.29) is 29.6 Å². The van der Waals surface area contributed by atoms with Crippen LogP contribution in [0.25, 0.3) is 0 Å². The topological polar surface area (TPSA) is 67.5 Å². The van der Waals surface area contributed by atoms with Gasteiger partial charge < -0.3 is 4.42 Å². The Labute approximate surface area is 93.0 Å². The minimum absolute atomic E-state index is 0. The van der Waals surface area contributed by atoms with Crippen molar-refractivity contribution in [2.75, 3.05) is 0 Å². The molecule has 0 bridgehead atoms. The van der Waals surface area contributed by atoms with Crippen molar-refractivity contribution in [1.29, 1.82) is 0 Å². The third-order valence-corrected chi connectivity index (χ3v) is 2.11. The summed E-state index contributed by atoms with van der Waals surface area (Å²) in [7, 11) is -4.17. The van der Waals surface area contributed by atoms with Crippen LogP contribution in [0, 0.1) is 13.8 Å². The van der Waals surface area contributed by atoms with E-state index in [0.717, 1.165) is 0 Å². The average Bonchev–Trinajstić information content (AvgIpc) is 2.11. The van der Waals surface area contributed by atoms with Gasteiger partial charge >= 0.3 is 39.7 Å². The van der Waals surface area contributed by atoms with E-state index in [1.54, 1.807) is 13.8 Å². The van der Waals surface area contributed by atoms with E-state index in [2.05, 4.69) is 0 Å². The van der Waals surface area contributed by atoms with E-state index in [4.69, 9.17) is 8.97 Å². The molecule has 0 spiro atoms. The van der Waals surface area contributed by atoms with Crippen molar-refractivity contribution in [3.63, 3.8) is 0 Å². The van der Waals surface area contributed by atoms with Crippen molar-refractivity contribution in [1.82, 2.24) is 0 Å². The number of aryl methyl sites for hydroxylation is 2. The van der Waals surface area contributed by atoms with E-state index in [1.165, 1.54) is 6.07 Å². The van der Waals surface area contributed by atoms with Crippen molar-refractivity contribution in [3.05, 3.63) is 17.4 Å². The number of furan rings is 1. The number of hydrogen-bond donors (Lipinski definition) is 1. The first-order valence-corrected chi connectivity index (χ1v) is 4.40. The molecule has 0 fully saturated rings. The quantitative estimate of drug-likeness (QED) is 0.529. The van der Waals surface area contributed by atoms with Crippen molar-refractivity contribution in [3.8, 4) is 0 Å². The zero-order valence-electron chi connectivity index (χ0n) is 6.16. The summed E-state index contributed by atoms with van der Waals surface area (Å²) in [6, 6.07) is 1.28. The second kappa shape index (κ2) is 3.93. The van der Waals surface area contributed by atoms with E-state index in [9.17, 15) is 8.42 Å². The summed E-state index contributed by atoms with van der Waals surface area (Å²) in [5.41, 5.74) is 0.706. The zero-order valence-corrected chi connectivity index (χ0v) is 6.97. The summed E-state index contributed by atoms with van der Waals surface area (Å²) in [5.74, 6) is 0.498. The molecule has 0 amide bonds. The van der Waals surface area contributed by atoms with Crippen LogP contribution in [0.3, 0.4) is 0 Å². The Morgan fingerprint density at radius 1 is 1.42 bits per heavy atom. The molecule has 0 unspecified atom stereocenters. The summed E-state index contributed by atoms with van der Waals surface area (Å²) >= 11 is 0. The van der Waals surface area contributed by atoms with Crippen LogP contribution in [-0.4, -0.2) is 42.5 Å². The molecule has 0 radical (unpaired) electrons. The van der Waals surface area contributed by atoms with Gasteiger partial charge in [-0.2, -0.15) is 8.42 Å². The van der Waals surface area contributed by atoms with Crippen molar-refractivity contribution in [2.45, 2.75) is 18.9 Å². The number of hydrogen-bond acceptors (Lipinski definition) is 3. The standard InChI is InChI=1S/C6H8O4S.Na.H/c1-4-3-6(10-5(4)2)11(7,8)9;;/h3H,1-2H3,(H,7,8,9);;. The molecular weight excluding hydrogens is 191 g/mol. The fourth-order valence-corrected chi connectivity index (χ4v) is 1.22. The van der Waals surface area contributed by atoms with Gasteiger partial charge in [-0.05, 0) is 19.4 Å². The van der Waals surface area contributed by atoms with Crippen LogP contribution in [0.2, 0.25) is 0 Å². The zero-order chi connectivity index (χ0) is 8.65. The Balaban J connectivity index is 0.00000121. The second-order valence-electron chi connectivity index (χ2n) is 2.28. The van der Waals surface area contributed by atoms with Crippen molar-refractivity contribution in [2.24, 2.45) is 0 Å². The Morgan fingerprint density at radius 3 is 2.08 bits per heavy atom. The van der Waals surface area contributed by atoms with Gasteiger partial charge in [-0.1, -0.05) is 0 Å². The summed E-state index contributed by atoms with van der Waals surface area (Å²) in [5, 5.41) is -0.396. The Morgan fingerprint density at radius 2 is 1.92 bits per heavy atom. The van der Waals surface area contributed by atoms with Gasteiger partial charge in [0, 0.05) is 6.07 Å². The van der Waals surface area contributed by atoms with Crippen molar-refractivity contribution >= 4 is 39.7 Å². The Hall–Kier alpha value is 0.190. The fraction of sp³-hybridized carbons (Fsp3) is 0.333. The first kappa shape index (κ1) is 12.2. The predicted octanol–water partition coefficient (Wildman–Crippen LogP) is 0.495. The summed E-state index contributed by atoms with van der Waals surface area (Å²) in [6.07, 6.45) is 0. The van der Waals surface area contributed by atoms with Crippen molar-refractivity contribution < 1.29 is 17.4 Å². The molecule has 12 heavy (non-hydrogen) atoms. The second-order valence-corrected chi connectivity index (χ2v) is 3.63. The summed E-state index contributed by atoms with van der Waals surface area (Å²) in [4.78, 5) is 0. The molecule has 0 aliphatic rings. The molecule has 1 aromatic rings. The molecule has 64 valence electrons. The van der Waals surface area contributed by atoms with Crippen LogP contribution in [0.5, 0.6) is 0 Å². The SMILES string of the molecule is Cc1cc(S(=O)(=O)O)oc1C.[NaH]. The van der Waals surface area contributed by atoms with Gasteiger partial charge in [-0.25, -0.2) is 0 Å². The van der Waals surface area contributed by atoms with Crippen LogP contribution >= 0.6 is 0 Å². The maximum absolute atomic E-state index is 10.5. The van der Waals surface area contributed by atoms with E-state index in [1.807, 2.05) is 0 Å². The number of rotatable bonds is 1. The molecule has 0 aromatic carbocycles. The predicted molar refractivity (Wildman–Crippen MR) is 45.1 cm³/mol. The van der Waals surface area contributed by atoms with Crippen LogP contribution in [0.15, 0.2) is 15.6 Å². The van der Waals surface area contributed by atoms with Gasteiger partial charge in [-0.15, -0.1) is 0 Å². The molecule has 0 aliphatic carbocycles. The molecule has 0 aliphatic heterocycles. The molecule has 1 aromatic heterocycles. The molecule has 0 saturated carbocycles. The van der Waals surface area contributed by atoms with Gasteiger partial charge in [-0.3, -0.25) is 4.55 Å². The Kier molecular flexibility index (Phi) is 3.99. The normalized spacial score (nSPS) is 10.9. The summed E-state index contributed by atoms with van der Waals surface area (Å²) < 4.78 is 34.2. The first-order valence-electron chi connectivity index (χ1n) is 2.96. The van der Waals surface area contributed by atoms with Gasteiger partial charge in [0.05, 0.1) is 0 Å². The fourth-order valence-electron chi connectivity index (χ4n) is 0.666. The third kappa shape index (κ3) is 2.60. The van der Waals surface area contributed by atoms with E-state index < -0.39 is 15.2 Å². The average molecular weight is 200 g/mol. The summed E-state index contributed by atoms with van der Waals surface area (Å²) in [6.45, 7) is 3.33. The molecular formula is C6H9NaO4S. The van der Waals surface area contributed by atoms with Crippen LogP contribution in [-0.2, 0) is 10.1 Å². The van der Waals surface area contributed by atoms with Crippen LogP contribution in [0.4, 0.5) is 0 Å². The molecule has 0 saturated heterocycles. The molecule has 1 rings (SSSR count). The Bertz CT molecular complexity index is 345. The maximum atomic E-state index is 10.5. The van der Waals surface area contributed by atoms with Gasteiger partial charge in [0.1, 0.15) is 5.76 Å². The van der Waals surface area contributed by atoms with Crippen LogP contribution < -0.4 is 0 Å². The molecule has 1 heterocycles. The molecule has 0 atom stereocenters.